The lowest BCUT2D eigenvalue weighted by Gasteiger charge is -2.26. The summed E-state index contributed by atoms with van der Waals surface area (Å²) < 4.78 is 9.54. The molecule has 4 aromatic rings. The highest BCUT2D eigenvalue weighted by atomic mass is 79.9. The van der Waals surface area contributed by atoms with Gasteiger partial charge in [-0.1, -0.05) is 37.9 Å². The Labute approximate surface area is 186 Å². The van der Waals surface area contributed by atoms with Crippen LogP contribution in [0.4, 0.5) is 5.69 Å². The van der Waals surface area contributed by atoms with E-state index in [1.165, 1.54) is 0 Å². The minimum Gasteiger partial charge on any atom is -0.497 e. The molecule has 3 aromatic carbocycles. The molecule has 0 bridgehead atoms. The van der Waals surface area contributed by atoms with Gasteiger partial charge in [-0.2, -0.15) is 0 Å². The van der Waals surface area contributed by atoms with E-state index in [9.17, 15) is 5.11 Å². The molecule has 4 rings (SSSR count). The third-order valence-electron chi connectivity index (χ3n) is 5.03. The Morgan fingerprint density at radius 3 is 2.17 bits per heavy atom. The maximum absolute atomic E-state index is 11.2. The molecule has 1 heterocycles. The monoisotopic (exact) mass is 516 g/mol. The molecule has 0 spiro atoms. The first-order valence-electron chi connectivity index (χ1n) is 9.34. The smallest absolute Gasteiger partial charge is 0.120 e. The quantitative estimate of drug-likeness (QED) is 0.320. The van der Waals surface area contributed by atoms with Crippen LogP contribution in [-0.4, -0.2) is 28.9 Å². The van der Waals surface area contributed by atoms with Gasteiger partial charge in [-0.25, -0.2) is 0 Å². The fourth-order valence-corrected chi connectivity index (χ4v) is 4.36. The Hall–Kier alpha value is -2.02. The molecule has 0 unspecified atom stereocenters. The number of benzene rings is 3. The number of nitrogens with one attached hydrogen (secondary N) is 1. The van der Waals surface area contributed by atoms with Gasteiger partial charge in [-0.3, -0.25) is 0 Å². The van der Waals surface area contributed by atoms with Crippen LogP contribution < -0.4 is 10.1 Å². The minimum absolute atomic E-state index is 0.411. The van der Waals surface area contributed by atoms with Crippen LogP contribution >= 0.6 is 31.9 Å². The van der Waals surface area contributed by atoms with Crippen molar-refractivity contribution in [2.45, 2.75) is 19.1 Å². The summed E-state index contributed by atoms with van der Waals surface area (Å²) in [4.78, 5) is 0. The molecule has 1 aromatic heterocycles. The third kappa shape index (κ3) is 4.29. The zero-order valence-corrected chi connectivity index (χ0v) is 19.4. The molecule has 4 nitrogen and oxygen atoms in total. The van der Waals surface area contributed by atoms with Gasteiger partial charge in [0.05, 0.1) is 19.3 Å². The molecule has 0 saturated carbocycles. The molecule has 0 saturated heterocycles. The summed E-state index contributed by atoms with van der Waals surface area (Å²) in [5, 5.41) is 16.8. The van der Waals surface area contributed by atoms with Crippen LogP contribution in [0.2, 0.25) is 0 Å². The highest BCUT2D eigenvalue weighted by molar-refractivity contribution is 9.10. The second-order valence-electron chi connectivity index (χ2n) is 7.49. The summed E-state index contributed by atoms with van der Waals surface area (Å²) in [6.45, 7) is 2.73. The zero-order valence-electron chi connectivity index (χ0n) is 16.2. The van der Waals surface area contributed by atoms with Crippen molar-refractivity contribution in [3.63, 3.8) is 0 Å². The summed E-state index contributed by atoms with van der Waals surface area (Å²) >= 11 is 7.16. The van der Waals surface area contributed by atoms with Crippen molar-refractivity contribution < 1.29 is 9.84 Å². The average Bonchev–Trinajstić information content (AvgIpc) is 2.98. The Bertz CT molecular complexity index is 1130. The summed E-state index contributed by atoms with van der Waals surface area (Å²) in [6, 6.07) is 20.2. The SMILES string of the molecule is COc1cccc(NC[C@](C)(O)Cn2c3ccc(Br)cc3c3cc(Br)ccc32)c1. The van der Waals surface area contributed by atoms with Crippen LogP contribution in [0.1, 0.15) is 6.92 Å². The van der Waals surface area contributed by atoms with Crippen LogP contribution in [0.3, 0.4) is 0 Å². The molecule has 0 fully saturated rings. The molecule has 1 atom stereocenters. The van der Waals surface area contributed by atoms with Crippen molar-refractivity contribution in [1.82, 2.24) is 4.57 Å². The van der Waals surface area contributed by atoms with Crippen molar-refractivity contribution in [3.8, 4) is 5.75 Å². The number of aliphatic hydroxyl groups is 1. The van der Waals surface area contributed by atoms with Crippen molar-refractivity contribution in [3.05, 3.63) is 69.6 Å². The van der Waals surface area contributed by atoms with Gasteiger partial charge in [0.2, 0.25) is 0 Å². The van der Waals surface area contributed by atoms with Gasteiger partial charge >= 0.3 is 0 Å². The molecule has 0 amide bonds. The lowest BCUT2D eigenvalue weighted by atomic mass is 10.1. The first-order valence-corrected chi connectivity index (χ1v) is 10.9. The van der Waals surface area contributed by atoms with Crippen molar-refractivity contribution in [2.24, 2.45) is 0 Å². The summed E-state index contributed by atoms with van der Waals surface area (Å²) in [5.41, 5.74) is 2.16. The van der Waals surface area contributed by atoms with Gasteiger partial charge in [0.25, 0.3) is 0 Å². The van der Waals surface area contributed by atoms with Crippen LogP contribution in [-0.2, 0) is 6.54 Å². The van der Waals surface area contributed by atoms with Crippen LogP contribution in [0.5, 0.6) is 5.75 Å². The first-order chi connectivity index (χ1) is 13.9. The number of nitrogens with zero attached hydrogens (tertiary/aromatic N) is 1. The van der Waals surface area contributed by atoms with Gasteiger partial charge in [0.1, 0.15) is 5.75 Å². The van der Waals surface area contributed by atoms with Crippen molar-refractivity contribution >= 4 is 59.4 Å². The van der Waals surface area contributed by atoms with E-state index in [0.717, 1.165) is 42.2 Å². The second-order valence-corrected chi connectivity index (χ2v) is 9.32. The van der Waals surface area contributed by atoms with E-state index in [1.807, 2.05) is 43.3 Å². The topological polar surface area (TPSA) is 46.4 Å². The van der Waals surface area contributed by atoms with E-state index in [0.29, 0.717) is 13.1 Å². The molecule has 0 aliphatic carbocycles. The first kappa shape index (κ1) is 20.3. The largest absolute Gasteiger partial charge is 0.497 e. The molecule has 0 aliphatic heterocycles. The fraction of sp³-hybridized carbons (Fsp3) is 0.217. The van der Waals surface area contributed by atoms with E-state index < -0.39 is 5.60 Å². The maximum Gasteiger partial charge on any atom is 0.120 e. The van der Waals surface area contributed by atoms with E-state index in [4.69, 9.17) is 4.74 Å². The number of aromatic nitrogens is 1. The van der Waals surface area contributed by atoms with Crippen LogP contribution in [0, 0.1) is 0 Å². The Kier molecular flexibility index (Phi) is 5.60. The summed E-state index contributed by atoms with van der Waals surface area (Å²) in [7, 11) is 1.65. The lowest BCUT2D eigenvalue weighted by Crippen LogP contribution is -2.38. The zero-order chi connectivity index (χ0) is 20.6. The molecule has 0 radical (unpaired) electrons. The number of fused-ring (bicyclic) bond motifs is 3. The van der Waals surface area contributed by atoms with Crippen molar-refractivity contribution in [1.29, 1.82) is 0 Å². The number of ether oxygens (including phenoxy) is 1. The number of methoxy groups -OCH3 is 1. The fourth-order valence-electron chi connectivity index (χ4n) is 3.64. The van der Waals surface area contributed by atoms with Gasteiger partial charge in [0, 0.05) is 49.0 Å². The Morgan fingerprint density at radius 1 is 0.966 bits per heavy atom. The molecule has 29 heavy (non-hydrogen) atoms. The number of anilines is 1. The Balaban J connectivity index is 1.66. The second kappa shape index (κ2) is 8.01. The molecular weight excluding hydrogens is 496 g/mol. The predicted molar refractivity (Wildman–Crippen MR) is 127 cm³/mol. The van der Waals surface area contributed by atoms with Gasteiger partial charge in [-0.15, -0.1) is 0 Å². The highest BCUT2D eigenvalue weighted by Gasteiger charge is 2.24. The summed E-state index contributed by atoms with van der Waals surface area (Å²) in [5.74, 6) is 0.785. The Morgan fingerprint density at radius 2 is 1.59 bits per heavy atom. The molecule has 2 N–H and O–H groups in total. The third-order valence-corrected chi connectivity index (χ3v) is 6.02. The van der Waals surface area contributed by atoms with E-state index in [2.05, 4.69) is 66.0 Å². The number of hydrogen-bond acceptors (Lipinski definition) is 3. The van der Waals surface area contributed by atoms with Crippen LogP contribution in [0.25, 0.3) is 21.8 Å². The molecule has 0 aliphatic rings. The maximum atomic E-state index is 11.2. The molecular formula is C23H22Br2N2O2. The van der Waals surface area contributed by atoms with E-state index in [1.54, 1.807) is 7.11 Å². The number of hydrogen-bond donors (Lipinski definition) is 2. The van der Waals surface area contributed by atoms with Gasteiger partial charge in [-0.05, 0) is 55.5 Å². The van der Waals surface area contributed by atoms with E-state index in [-0.39, 0.29) is 0 Å². The minimum atomic E-state index is -0.956. The van der Waals surface area contributed by atoms with Gasteiger partial charge < -0.3 is 19.7 Å². The number of halogens is 2. The van der Waals surface area contributed by atoms with Crippen molar-refractivity contribution in [2.75, 3.05) is 19.0 Å². The number of rotatable bonds is 6. The lowest BCUT2D eigenvalue weighted by molar-refractivity contribution is 0.0575. The normalized spacial score (nSPS) is 13.6. The highest BCUT2D eigenvalue weighted by Crippen LogP contribution is 2.34. The molecule has 150 valence electrons. The molecule has 6 heteroatoms. The van der Waals surface area contributed by atoms with E-state index >= 15 is 0 Å². The van der Waals surface area contributed by atoms with Gasteiger partial charge in [0.15, 0.2) is 0 Å². The summed E-state index contributed by atoms with van der Waals surface area (Å²) in [6.07, 6.45) is 0. The standard InChI is InChI=1S/C23H22Br2N2O2/c1-23(28,13-26-17-4-3-5-18(12-17)29-2)14-27-21-8-6-15(24)10-19(21)20-11-16(25)7-9-22(20)27/h3-12,26,28H,13-14H2,1-2H3/t23-/m0/s1. The average molecular weight is 518 g/mol. The van der Waals surface area contributed by atoms with Crippen LogP contribution in [0.15, 0.2) is 69.6 Å². The predicted octanol–water partition coefficient (Wildman–Crippen LogP) is 6.19.